The number of nitrogens with one attached hydrogen (secondary N) is 3. The van der Waals surface area contributed by atoms with Crippen molar-refractivity contribution in [3.8, 4) is 5.75 Å². The van der Waals surface area contributed by atoms with E-state index < -0.39 is 11.8 Å². The van der Waals surface area contributed by atoms with E-state index in [4.69, 9.17) is 16.3 Å². The predicted octanol–water partition coefficient (Wildman–Crippen LogP) is 2.20. The molecular formula is C21H26ClN3O4. The molecule has 0 atom stereocenters. The highest BCUT2D eigenvalue weighted by Gasteiger charge is 2.54. The summed E-state index contributed by atoms with van der Waals surface area (Å²) in [5.74, 6) is 1.37. The molecule has 29 heavy (non-hydrogen) atoms. The number of amides is 3. The van der Waals surface area contributed by atoms with Crippen LogP contribution in [0.2, 0.25) is 5.02 Å². The largest absolute Gasteiger partial charge is 0.482 e. The number of ether oxygens (including phenoxy) is 1. The molecule has 4 bridgehead atoms. The second-order valence-electron chi connectivity index (χ2n) is 8.70. The van der Waals surface area contributed by atoms with Crippen LogP contribution in [0, 0.1) is 23.2 Å². The first-order valence-corrected chi connectivity index (χ1v) is 10.5. The molecule has 156 valence electrons. The highest BCUT2D eigenvalue weighted by Crippen LogP contribution is 2.60. The van der Waals surface area contributed by atoms with E-state index in [1.807, 2.05) is 0 Å². The van der Waals surface area contributed by atoms with Gasteiger partial charge < -0.3 is 10.1 Å². The van der Waals surface area contributed by atoms with Gasteiger partial charge in [0.05, 0.1) is 11.6 Å². The smallest absolute Gasteiger partial charge is 0.276 e. The van der Waals surface area contributed by atoms with Crippen LogP contribution in [-0.4, -0.2) is 30.9 Å². The summed E-state index contributed by atoms with van der Waals surface area (Å²) in [5, 5.41) is 3.18. The van der Waals surface area contributed by atoms with Crippen molar-refractivity contribution in [2.75, 3.05) is 13.2 Å². The molecule has 1 aromatic rings. The Morgan fingerprint density at radius 1 is 0.966 bits per heavy atom. The van der Waals surface area contributed by atoms with E-state index in [1.54, 1.807) is 24.3 Å². The maximum atomic E-state index is 12.8. The molecule has 5 rings (SSSR count). The Balaban J connectivity index is 1.18. The highest BCUT2D eigenvalue weighted by molar-refractivity contribution is 6.32. The second-order valence-corrected chi connectivity index (χ2v) is 9.10. The molecule has 0 unspecified atom stereocenters. The number of hydrogen-bond donors (Lipinski definition) is 3. The Hall–Kier alpha value is -2.28. The number of benzene rings is 1. The van der Waals surface area contributed by atoms with Gasteiger partial charge in [0.2, 0.25) is 5.91 Å². The molecule has 1 aromatic carbocycles. The van der Waals surface area contributed by atoms with Gasteiger partial charge in [-0.3, -0.25) is 25.2 Å². The summed E-state index contributed by atoms with van der Waals surface area (Å²) in [6, 6.07) is 6.80. The van der Waals surface area contributed by atoms with Crippen molar-refractivity contribution in [1.29, 1.82) is 0 Å². The zero-order valence-electron chi connectivity index (χ0n) is 16.2. The van der Waals surface area contributed by atoms with Crippen molar-refractivity contribution >= 4 is 29.3 Å². The standard InChI is InChI=1S/C21H26ClN3O4/c22-16-3-1-2-4-17(16)29-12-19(27)25-24-18(26)11-23-20(28)21-8-13-5-14(9-21)7-15(6-13)10-21/h1-4,13-15H,5-12H2,(H,23,28)(H,24,26)(H,25,27). The number of hydrogen-bond acceptors (Lipinski definition) is 4. The lowest BCUT2D eigenvalue weighted by Crippen LogP contribution is -2.55. The Labute approximate surface area is 174 Å². The van der Waals surface area contributed by atoms with E-state index in [-0.39, 0.29) is 24.5 Å². The van der Waals surface area contributed by atoms with Crippen LogP contribution < -0.4 is 20.9 Å². The molecule has 0 saturated heterocycles. The van der Waals surface area contributed by atoms with Gasteiger partial charge in [0, 0.05) is 5.41 Å². The van der Waals surface area contributed by atoms with Crippen LogP contribution in [0.1, 0.15) is 38.5 Å². The van der Waals surface area contributed by atoms with Crippen molar-refractivity contribution in [1.82, 2.24) is 16.2 Å². The van der Waals surface area contributed by atoms with Crippen LogP contribution in [-0.2, 0) is 14.4 Å². The first-order valence-electron chi connectivity index (χ1n) is 10.2. The van der Waals surface area contributed by atoms with Gasteiger partial charge in [0.25, 0.3) is 11.8 Å². The molecule has 4 saturated carbocycles. The average Bonchev–Trinajstić information content (AvgIpc) is 2.68. The van der Waals surface area contributed by atoms with E-state index in [0.29, 0.717) is 28.5 Å². The first-order chi connectivity index (χ1) is 13.9. The first kappa shape index (κ1) is 20.0. The lowest BCUT2D eigenvalue weighted by molar-refractivity contribution is -0.147. The van der Waals surface area contributed by atoms with Crippen LogP contribution in [0.3, 0.4) is 0 Å². The van der Waals surface area contributed by atoms with Gasteiger partial charge in [-0.1, -0.05) is 23.7 Å². The number of rotatable bonds is 6. The summed E-state index contributed by atoms with van der Waals surface area (Å²) in [7, 11) is 0. The van der Waals surface area contributed by atoms with Crippen molar-refractivity contribution in [2.24, 2.45) is 23.2 Å². The van der Waals surface area contributed by atoms with E-state index >= 15 is 0 Å². The lowest BCUT2D eigenvalue weighted by atomic mass is 9.49. The highest BCUT2D eigenvalue weighted by atomic mass is 35.5. The molecule has 0 spiro atoms. The molecule has 4 fully saturated rings. The van der Waals surface area contributed by atoms with Crippen LogP contribution in [0.25, 0.3) is 0 Å². The van der Waals surface area contributed by atoms with E-state index in [0.717, 1.165) is 19.3 Å². The fraction of sp³-hybridized carbons (Fsp3) is 0.571. The Bertz CT molecular complexity index is 778. The van der Waals surface area contributed by atoms with Crippen molar-refractivity contribution in [3.05, 3.63) is 29.3 Å². The predicted molar refractivity (Wildman–Crippen MR) is 107 cm³/mol. The fourth-order valence-corrected chi connectivity index (χ4v) is 5.85. The number of carbonyl (C=O) groups excluding carboxylic acids is 3. The molecule has 8 heteroatoms. The van der Waals surface area contributed by atoms with E-state index in [2.05, 4.69) is 16.2 Å². The topological polar surface area (TPSA) is 96.5 Å². The SMILES string of the molecule is O=C(CNC(=O)C12CC3CC(CC(C3)C1)C2)NNC(=O)COc1ccccc1Cl. The van der Waals surface area contributed by atoms with Crippen molar-refractivity contribution in [3.63, 3.8) is 0 Å². The third kappa shape index (κ3) is 4.50. The Morgan fingerprint density at radius 3 is 2.17 bits per heavy atom. The average molecular weight is 420 g/mol. The monoisotopic (exact) mass is 419 g/mol. The minimum atomic E-state index is -0.523. The van der Waals surface area contributed by atoms with Crippen LogP contribution in [0.15, 0.2) is 24.3 Å². The Morgan fingerprint density at radius 2 is 1.55 bits per heavy atom. The van der Waals surface area contributed by atoms with Crippen LogP contribution >= 0.6 is 11.6 Å². The molecule has 4 aliphatic carbocycles. The normalized spacial score (nSPS) is 29.2. The van der Waals surface area contributed by atoms with Gasteiger partial charge in [0.1, 0.15) is 5.75 Å². The van der Waals surface area contributed by atoms with Gasteiger partial charge >= 0.3 is 0 Å². The van der Waals surface area contributed by atoms with Gasteiger partial charge in [-0.2, -0.15) is 0 Å². The van der Waals surface area contributed by atoms with Crippen LogP contribution in [0.5, 0.6) is 5.75 Å². The molecule has 4 aliphatic rings. The van der Waals surface area contributed by atoms with Gasteiger partial charge in [0.15, 0.2) is 6.61 Å². The van der Waals surface area contributed by atoms with Gasteiger partial charge in [-0.05, 0) is 68.4 Å². The lowest BCUT2D eigenvalue weighted by Gasteiger charge is -2.55. The van der Waals surface area contributed by atoms with E-state index in [9.17, 15) is 14.4 Å². The maximum Gasteiger partial charge on any atom is 0.276 e. The zero-order valence-corrected chi connectivity index (χ0v) is 17.0. The number of carbonyl (C=O) groups is 3. The molecule has 0 radical (unpaired) electrons. The number of para-hydroxylation sites is 1. The molecular weight excluding hydrogens is 394 g/mol. The summed E-state index contributed by atoms with van der Waals surface area (Å²) >= 11 is 5.95. The number of hydrazine groups is 1. The van der Waals surface area contributed by atoms with Crippen molar-refractivity contribution < 1.29 is 19.1 Å². The molecule has 0 aliphatic heterocycles. The molecule has 3 N–H and O–H groups in total. The summed E-state index contributed by atoms with van der Waals surface area (Å²) in [6.45, 7) is -0.449. The van der Waals surface area contributed by atoms with Crippen molar-refractivity contribution in [2.45, 2.75) is 38.5 Å². The van der Waals surface area contributed by atoms with Gasteiger partial charge in [-0.15, -0.1) is 0 Å². The summed E-state index contributed by atoms with van der Waals surface area (Å²) in [4.78, 5) is 36.6. The third-order valence-corrected chi connectivity index (χ3v) is 6.78. The number of halogens is 1. The summed E-state index contributed by atoms with van der Waals surface area (Å²) in [6.07, 6.45) is 6.62. The molecule has 0 heterocycles. The quantitative estimate of drug-likeness (QED) is 0.616. The molecule has 7 nitrogen and oxygen atoms in total. The van der Waals surface area contributed by atoms with E-state index in [1.165, 1.54) is 19.3 Å². The summed E-state index contributed by atoms with van der Waals surface area (Å²) in [5.41, 5.74) is 4.28. The Kier molecular flexibility index (Phi) is 5.67. The maximum absolute atomic E-state index is 12.8. The second kappa shape index (κ2) is 8.22. The molecule has 3 amide bonds. The molecule has 0 aromatic heterocycles. The fourth-order valence-electron chi connectivity index (χ4n) is 5.66. The van der Waals surface area contributed by atoms with Crippen LogP contribution in [0.4, 0.5) is 0 Å². The zero-order chi connectivity index (χ0) is 20.4. The third-order valence-electron chi connectivity index (χ3n) is 6.47. The van der Waals surface area contributed by atoms with Gasteiger partial charge in [-0.25, -0.2) is 0 Å². The minimum Gasteiger partial charge on any atom is -0.482 e. The minimum absolute atomic E-state index is 0.0138. The summed E-state index contributed by atoms with van der Waals surface area (Å²) < 4.78 is 5.30.